The minimum absolute atomic E-state index is 0.0390. The molecule has 1 amide bonds. The quantitative estimate of drug-likeness (QED) is 0.108. The van der Waals surface area contributed by atoms with Crippen LogP contribution >= 0.6 is 34.5 Å². The van der Waals surface area contributed by atoms with Crippen molar-refractivity contribution in [1.29, 1.82) is 0 Å². The van der Waals surface area contributed by atoms with Gasteiger partial charge in [0.15, 0.2) is 10.9 Å². The monoisotopic (exact) mass is 623 g/mol. The molecule has 0 saturated heterocycles. The van der Waals surface area contributed by atoms with Crippen LogP contribution in [0.4, 0.5) is 29.7 Å². The average Bonchev–Trinajstić information content (AvgIpc) is 3.34. The molecule has 0 aliphatic rings. The highest BCUT2D eigenvalue weighted by Crippen LogP contribution is 2.35. The van der Waals surface area contributed by atoms with Gasteiger partial charge in [0.25, 0.3) is 5.69 Å². The lowest BCUT2D eigenvalue weighted by Crippen LogP contribution is -2.19. The van der Waals surface area contributed by atoms with Crippen LogP contribution in [0.1, 0.15) is 22.4 Å². The summed E-state index contributed by atoms with van der Waals surface area (Å²) in [5, 5.41) is 19.8. The van der Waals surface area contributed by atoms with E-state index in [9.17, 15) is 28.1 Å². The number of hydrogen-bond acceptors (Lipinski definition) is 8. The van der Waals surface area contributed by atoms with Crippen molar-refractivity contribution in [2.45, 2.75) is 19.2 Å². The summed E-state index contributed by atoms with van der Waals surface area (Å²) in [4.78, 5) is 26.8. The number of nitro benzene ring substituents is 1. The molecule has 0 atom stereocenters. The van der Waals surface area contributed by atoms with Gasteiger partial charge in [0.2, 0.25) is 5.91 Å². The molecule has 212 valence electrons. The Morgan fingerprint density at radius 2 is 1.83 bits per heavy atom. The Balaban J connectivity index is 1.29. The van der Waals surface area contributed by atoms with Crippen LogP contribution in [-0.4, -0.2) is 22.0 Å². The minimum atomic E-state index is -4.46. The molecule has 1 heterocycles. The fourth-order valence-corrected chi connectivity index (χ4v) is 4.73. The molecule has 0 radical (unpaired) electrons. The summed E-state index contributed by atoms with van der Waals surface area (Å²) in [6.45, 7) is 0.0781. The number of thiazole rings is 1. The summed E-state index contributed by atoms with van der Waals surface area (Å²) in [5.41, 5.74) is 3.30. The van der Waals surface area contributed by atoms with Crippen LogP contribution in [0.3, 0.4) is 0 Å². The number of halogens is 5. The zero-order valence-electron chi connectivity index (χ0n) is 20.6. The molecule has 4 rings (SSSR count). The standard InChI is InChI=1S/C26H18Cl2F3N5O4S/c27-21-8-16(9-22(28)24(21)40-13-15-4-6-20(7-5-15)36(38)39)12-32-35-23(37)11-19-14-41-25(34-19)33-18-3-1-2-17(10-18)26(29,30)31/h1-10,12,14H,11,13H2,(H,33,34)(H,35,37)/b32-12-. The van der Waals surface area contributed by atoms with Crippen molar-refractivity contribution in [3.05, 3.63) is 109 Å². The van der Waals surface area contributed by atoms with Crippen molar-refractivity contribution < 1.29 is 27.6 Å². The van der Waals surface area contributed by atoms with Crippen LogP contribution in [0, 0.1) is 10.1 Å². The summed E-state index contributed by atoms with van der Waals surface area (Å²) in [7, 11) is 0. The number of carbonyl (C=O) groups excluding carboxylic acids is 1. The van der Waals surface area contributed by atoms with E-state index in [1.165, 1.54) is 42.6 Å². The lowest BCUT2D eigenvalue weighted by molar-refractivity contribution is -0.384. The first-order chi connectivity index (χ1) is 19.5. The number of hydrazone groups is 1. The number of nitro groups is 1. The maximum Gasteiger partial charge on any atom is 0.416 e. The molecule has 0 aliphatic heterocycles. The van der Waals surface area contributed by atoms with Crippen molar-refractivity contribution in [2.75, 3.05) is 5.32 Å². The van der Waals surface area contributed by atoms with Crippen LogP contribution < -0.4 is 15.5 Å². The molecule has 1 aromatic heterocycles. The second-order valence-electron chi connectivity index (χ2n) is 8.34. The molecule has 15 heteroatoms. The van der Waals surface area contributed by atoms with Gasteiger partial charge in [-0.25, -0.2) is 10.4 Å². The predicted molar refractivity (Wildman–Crippen MR) is 150 cm³/mol. The van der Waals surface area contributed by atoms with Gasteiger partial charge < -0.3 is 10.1 Å². The van der Waals surface area contributed by atoms with E-state index in [4.69, 9.17) is 27.9 Å². The second kappa shape index (κ2) is 13.0. The van der Waals surface area contributed by atoms with Gasteiger partial charge in [-0.2, -0.15) is 18.3 Å². The number of alkyl halides is 3. The molecule has 2 N–H and O–H groups in total. The van der Waals surface area contributed by atoms with Gasteiger partial charge in [0, 0.05) is 23.2 Å². The van der Waals surface area contributed by atoms with Gasteiger partial charge in [-0.3, -0.25) is 14.9 Å². The number of anilines is 2. The molecule has 0 unspecified atom stereocenters. The number of hydrogen-bond donors (Lipinski definition) is 2. The average molecular weight is 624 g/mol. The summed E-state index contributed by atoms with van der Waals surface area (Å²) in [5.74, 6) is -0.261. The zero-order chi connectivity index (χ0) is 29.6. The zero-order valence-corrected chi connectivity index (χ0v) is 22.9. The minimum Gasteiger partial charge on any atom is -0.486 e. The smallest absolute Gasteiger partial charge is 0.416 e. The number of benzene rings is 3. The van der Waals surface area contributed by atoms with Gasteiger partial charge in [0.1, 0.15) is 6.61 Å². The van der Waals surface area contributed by atoms with Gasteiger partial charge in [0.05, 0.1) is 38.9 Å². The van der Waals surface area contributed by atoms with Crippen molar-refractivity contribution in [3.63, 3.8) is 0 Å². The number of ether oxygens (including phenoxy) is 1. The van der Waals surface area contributed by atoms with E-state index >= 15 is 0 Å². The normalized spacial score (nSPS) is 11.4. The SMILES string of the molecule is O=C(Cc1csc(Nc2cccc(C(F)(F)F)c2)n1)N/N=C\c1cc(Cl)c(OCc2ccc([N+](=O)[O-])cc2)c(Cl)c1. The predicted octanol–water partition coefficient (Wildman–Crippen LogP) is 7.39. The Morgan fingerprint density at radius 1 is 1.12 bits per heavy atom. The topological polar surface area (TPSA) is 119 Å². The lowest BCUT2D eigenvalue weighted by Gasteiger charge is -2.11. The molecule has 0 saturated carbocycles. The highest BCUT2D eigenvalue weighted by Gasteiger charge is 2.30. The summed E-state index contributed by atoms with van der Waals surface area (Å²) < 4.78 is 44.4. The third-order valence-corrected chi connectivity index (χ3v) is 6.66. The van der Waals surface area contributed by atoms with E-state index in [0.29, 0.717) is 22.0 Å². The van der Waals surface area contributed by atoms with Gasteiger partial charge >= 0.3 is 6.18 Å². The molecular formula is C26H18Cl2F3N5O4S. The largest absolute Gasteiger partial charge is 0.486 e. The number of nitrogens with zero attached hydrogens (tertiary/aromatic N) is 3. The first-order valence-electron chi connectivity index (χ1n) is 11.5. The first kappa shape index (κ1) is 29.8. The highest BCUT2D eigenvalue weighted by atomic mass is 35.5. The molecule has 3 aromatic carbocycles. The van der Waals surface area contributed by atoms with Crippen LogP contribution in [0.5, 0.6) is 5.75 Å². The Labute approximate surface area is 244 Å². The third-order valence-electron chi connectivity index (χ3n) is 5.29. The first-order valence-corrected chi connectivity index (χ1v) is 13.2. The van der Waals surface area contributed by atoms with E-state index in [2.05, 4.69) is 20.8 Å². The molecule has 41 heavy (non-hydrogen) atoms. The maximum absolute atomic E-state index is 12.9. The molecule has 9 nitrogen and oxygen atoms in total. The number of aromatic nitrogens is 1. The van der Waals surface area contributed by atoms with Crippen LogP contribution in [0.25, 0.3) is 0 Å². The van der Waals surface area contributed by atoms with E-state index in [-0.39, 0.29) is 40.2 Å². The Morgan fingerprint density at radius 3 is 2.49 bits per heavy atom. The Hall–Kier alpha value is -4.20. The van der Waals surface area contributed by atoms with Crippen LogP contribution in [-0.2, 0) is 24.0 Å². The van der Waals surface area contributed by atoms with Crippen LogP contribution in [0.2, 0.25) is 10.0 Å². The van der Waals surface area contributed by atoms with E-state index in [1.54, 1.807) is 17.5 Å². The fourth-order valence-electron chi connectivity index (χ4n) is 3.39. The number of non-ortho nitro benzene ring substituents is 1. The number of amides is 1. The summed E-state index contributed by atoms with van der Waals surface area (Å²) >= 11 is 13.7. The van der Waals surface area contributed by atoms with E-state index in [1.807, 2.05) is 0 Å². The molecule has 0 fully saturated rings. The van der Waals surface area contributed by atoms with Gasteiger partial charge in [-0.1, -0.05) is 29.3 Å². The molecule has 4 aromatic rings. The maximum atomic E-state index is 12.9. The molecule has 0 bridgehead atoms. The highest BCUT2D eigenvalue weighted by molar-refractivity contribution is 7.13. The van der Waals surface area contributed by atoms with Crippen molar-refractivity contribution in [1.82, 2.24) is 10.4 Å². The molecule has 0 aliphatic carbocycles. The van der Waals surface area contributed by atoms with E-state index < -0.39 is 22.6 Å². The second-order valence-corrected chi connectivity index (χ2v) is 10.0. The van der Waals surface area contributed by atoms with Gasteiger partial charge in [-0.05, 0) is 53.6 Å². The van der Waals surface area contributed by atoms with E-state index in [0.717, 1.165) is 23.5 Å². The number of rotatable bonds is 10. The Bertz CT molecular complexity index is 1570. The number of nitrogens with one attached hydrogen (secondary N) is 2. The van der Waals surface area contributed by atoms with Crippen LogP contribution in [0.15, 0.2) is 71.1 Å². The van der Waals surface area contributed by atoms with Gasteiger partial charge in [-0.15, -0.1) is 11.3 Å². The number of carbonyl (C=O) groups is 1. The van der Waals surface area contributed by atoms with Crippen molar-refractivity contribution in [2.24, 2.45) is 5.10 Å². The summed E-state index contributed by atoms with van der Waals surface area (Å²) in [6, 6.07) is 13.6. The lowest BCUT2D eigenvalue weighted by atomic mass is 10.2. The third kappa shape index (κ3) is 8.39. The molecular weight excluding hydrogens is 606 g/mol. The Kier molecular flexibility index (Phi) is 9.42. The van der Waals surface area contributed by atoms with Crippen molar-refractivity contribution in [3.8, 4) is 5.75 Å². The fraction of sp³-hybridized carbons (Fsp3) is 0.115. The van der Waals surface area contributed by atoms with Crippen molar-refractivity contribution >= 4 is 63.2 Å². The summed E-state index contributed by atoms with van der Waals surface area (Å²) in [6.07, 6.45) is -3.25. The molecule has 0 spiro atoms.